The van der Waals surface area contributed by atoms with Crippen molar-refractivity contribution in [1.82, 2.24) is 5.32 Å². The smallest absolute Gasteiger partial charge is 0.306 e. The molecule has 1 amide bonds. The van der Waals surface area contributed by atoms with Gasteiger partial charge in [-0.1, -0.05) is 0 Å². The van der Waals surface area contributed by atoms with E-state index in [1.165, 1.54) is 19.2 Å². The monoisotopic (exact) mass is 261 g/mol. The predicted octanol–water partition coefficient (Wildman–Crippen LogP) is 1.46. The molecule has 5 nitrogen and oxygen atoms in total. The van der Waals surface area contributed by atoms with Gasteiger partial charge >= 0.3 is 10.1 Å². The van der Waals surface area contributed by atoms with Crippen LogP contribution in [0.4, 0.5) is 4.79 Å². The summed E-state index contributed by atoms with van der Waals surface area (Å²) in [6.45, 7) is 0. The summed E-state index contributed by atoms with van der Waals surface area (Å²) in [5.74, 6) is 0.226. The average molecular weight is 261 g/mol. The molecule has 0 fully saturated rings. The van der Waals surface area contributed by atoms with Crippen LogP contribution in [0.5, 0.6) is 5.75 Å². The van der Waals surface area contributed by atoms with Crippen LogP contribution in [0.3, 0.4) is 0 Å². The van der Waals surface area contributed by atoms with Gasteiger partial charge in [-0.3, -0.25) is 4.79 Å². The second-order valence-corrected chi connectivity index (χ2v) is 5.52. The van der Waals surface area contributed by atoms with E-state index in [2.05, 4.69) is 9.50 Å². The van der Waals surface area contributed by atoms with E-state index in [0.29, 0.717) is 4.90 Å². The third-order valence-electron chi connectivity index (χ3n) is 1.49. The minimum Gasteiger partial charge on any atom is -0.383 e. The number of rotatable bonds is 3. The van der Waals surface area contributed by atoms with Crippen LogP contribution in [0.15, 0.2) is 29.2 Å². The fraction of sp³-hybridized carbons (Fsp3) is 0.222. The zero-order valence-electron chi connectivity index (χ0n) is 8.76. The number of thioether (sulfide) groups is 1. The Labute approximate surface area is 98.3 Å². The molecule has 0 heterocycles. The number of benzene rings is 1. The molecule has 0 aliphatic rings. The van der Waals surface area contributed by atoms with Gasteiger partial charge in [0.25, 0.3) is 5.24 Å². The van der Waals surface area contributed by atoms with Crippen LogP contribution >= 0.6 is 11.8 Å². The third kappa shape index (κ3) is 4.54. The molecule has 1 aromatic rings. The van der Waals surface area contributed by atoms with E-state index < -0.39 is 10.1 Å². The lowest BCUT2D eigenvalue weighted by Gasteiger charge is -2.03. The molecule has 0 atom stereocenters. The van der Waals surface area contributed by atoms with Gasteiger partial charge in [0.2, 0.25) is 0 Å². The van der Waals surface area contributed by atoms with E-state index in [-0.39, 0.29) is 11.0 Å². The Bertz CT molecular complexity index is 467. The summed E-state index contributed by atoms with van der Waals surface area (Å²) in [6.07, 6.45) is 0.972. The molecule has 0 saturated heterocycles. The number of nitrogens with one attached hydrogen (secondary N) is 1. The molecule has 0 bridgehead atoms. The molecule has 1 aromatic carbocycles. The van der Waals surface area contributed by atoms with Crippen molar-refractivity contribution in [3.05, 3.63) is 24.3 Å². The second-order valence-electron chi connectivity index (χ2n) is 2.90. The summed E-state index contributed by atoms with van der Waals surface area (Å²) in [5.41, 5.74) is 0. The van der Waals surface area contributed by atoms with Crippen LogP contribution in [-0.2, 0) is 10.1 Å². The van der Waals surface area contributed by atoms with Crippen LogP contribution in [0.2, 0.25) is 0 Å². The Balaban J connectivity index is 2.72. The maximum Gasteiger partial charge on any atom is 0.306 e. The Morgan fingerprint density at radius 1 is 1.31 bits per heavy atom. The lowest BCUT2D eigenvalue weighted by Crippen LogP contribution is -2.10. The van der Waals surface area contributed by atoms with Crippen LogP contribution in [0.25, 0.3) is 0 Å². The molecular weight excluding hydrogens is 250 g/mol. The van der Waals surface area contributed by atoms with Crippen molar-refractivity contribution in [3.8, 4) is 5.75 Å². The maximum absolute atomic E-state index is 11.0. The fourth-order valence-corrected chi connectivity index (χ4v) is 1.95. The largest absolute Gasteiger partial charge is 0.383 e. The molecular formula is C9H11NO4S2. The molecule has 0 aromatic heterocycles. The zero-order chi connectivity index (χ0) is 12.2. The molecule has 0 radical (unpaired) electrons. The highest BCUT2D eigenvalue weighted by molar-refractivity contribution is 8.13. The summed E-state index contributed by atoms with van der Waals surface area (Å²) in [4.78, 5) is 11.7. The first-order valence-corrected chi connectivity index (χ1v) is 6.93. The molecule has 0 aliphatic carbocycles. The first-order valence-electron chi connectivity index (χ1n) is 4.30. The van der Waals surface area contributed by atoms with Gasteiger partial charge in [0.15, 0.2) is 0 Å². The topological polar surface area (TPSA) is 72.5 Å². The van der Waals surface area contributed by atoms with Gasteiger partial charge in [-0.2, -0.15) is 8.42 Å². The van der Waals surface area contributed by atoms with Crippen molar-refractivity contribution in [2.45, 2.75) is 4.90 Å². The van der Waals surface area contributed by atoms with E-state index >= 15 is 0 Å². The summed E-state index contributed by atoms with van der Waals surface area (Å²) < 4.78 is 26.3. The molecule has 1 N–H and O–H groups in total. The number of hydrogen-bond donors (Lipinski definition) is 1. The molecule has 16 heavy (non-hydrogen) atoms. The van der Waals surface area contributed by atoms with Crippen LogP contribution in [0, 0.1) is 0 Å². The van der Waals surface area contributed by atoms with Gasteiger partial charge < -0.3 is 9.50 Å². The summed E-state index contributed by atoms with van der Waals surface area (Å²) in [7, 11) is -1.97. The number of hydrogen-bond acceptors (Lipinski definition) is 5. The highest BCUT2D eigenvalue weighted by Gasteiger charge is 2.05. The Kier molecular flexibility index (Phi) is 4.19. The van der Waals surface area contributed by atoms with Gasteiger partial charge in [0, 0.05) is 11.9 Å². The van der Waals surface area contributed by atoms with E-state index in [4.69, 9.17) is 0 Å². The van der Waals surface area contributed by atoms with E-state index in [1.54, 1.807) is 12.1 Å². The second kappa shape index (κ2) is 5.22. The fourth-order valence-electron chi connectivity index (χ4n) is 0.896. The SMILES string of the molecule is CNC(=O)Sc1ccc(OS(C)(=O)=O)cc1. The van der Waals surface area contributed by atoms with Crippen molar-refractivity contribution in [2.24, 2.45) is 0 Å². The quantitative estimate of drug-likeness (QED) is 0.658. The van der Waals surface area contributed by atoms with Crippen molar-refractivity contribution in [3.63, 3.8) is 0 Å². The van der Waals surface area contributed by atoms with Gasteiger partial charge in [-0.15, -0.1) is 0 Å². The summed E-state index contributed by atoms with van der Waals surface area (Å²) in [6, 6.07) is 6.21. The number of amides is 1. The lowest BCUT2D eigenvalue weighted by atomic mass is 10.3. The van der Waals surface area contributed by atoms with E-state index in [0.717, 1.165) is 18.0 Å². The van der Waals surface area contributed by atoms with Crippen LogP contribution < -0.4 is 9.50 Å². The maximum atomic E-state index is 11.0. The zero-order valence-corrected chi connectivity index (χ0v) is 10.4. The normalized spacial score (nSPS) is 10.9. The van der Waals surface area contributed by atoms with Crippen LogP contribution in [0.1, 0.15) is 0 Å². The van der Waals surface area contributed by atoms with Gasteiger partial charge in [-0.05, 0) is 36.0 Å². The summed E-state index contributed by atoms with van der Waals surface area (Å²) >= 11 is 1.02. The molecule has 0 unspecified atom stereocenters. The van der Waals surface area contributed by atoms with Gasteiger partial charge in [0.1, 0.15) is 5.75 Å². The Morgan fingerprint density at radius 2 is 1.88 bits per heavy atom. The number of carbonyl (C=O) groups is 1. The van der Waals surface area contributed by atoms with Gasteiger partial charge in [-0.25, -0.2) is 0 Å². The molecule has 7 heteroatoms. The molecule has 0 saturated carbocycles. The van der Waals surface area contributed by atoms with Crippen molar-refractivity contribution in [1.29, 1.82) is 0 Å². The van der Waals surface area contributed by atoms with Crippen LogP contribution in [-0.4, -0.2) is 27.0 Å². The first-order chi connectivity index (χ1) is 7.40. The predicted molar refractivity (Wildman–Crippen MR) is 62.2 cm³/mol. The molecule has 1 rings (SSSR count). The highest BCUT2D eigenvalue weighted by Crippen LogP contribution is 2.22. The minimum absolute atomic E-state index is 0.184. The van der Waals surface area contributed by atoms with Crippen molar-refractivity contribution >= 4 is 27.1 Å². The van der Waals surface area contributed by atoms with E-state index in [9.17, 15) is 13.2 Å². The van der Waals surface area contributed by atoms with Crippen molar-refractivity contribution in [2.75, 3.05) is 13.3 Å². The van der Waals surface area contributed by atoms with Crippen molar-refractivity contribution < 1.29 is 17.4 Å². The molecule has 0 aliphatic heterocycles. The van der Waals surface area contributed by atoms with Gasteiger partial charge in [0.05, 0.1) is 6.26 Å². The minimum atomic E-state index is -3.50. The first kappa shape index (κ1) is 12.9. The molecule has 88 valence electrons. The third-order valence-corrected chi connectivity index (χ3v) is 2.88. The Morgan fingerprint density at radius 3 is 2.31 bits per heavy atom. The lowest BCUT2D eigenvalue weighted by molar-refractivity contribution is 0.262. The highest BCUT2D eigenvalue weighted by atomic mass is 32.2. The molecule has 0 spiro atoms. The Hall–Kier alpha value is -1.21. The number of carbonyl (C=O) groups excluding carboxylic acids is 1. The standard InChI is InChI=1S/C9H11NO4S2/c1-10-9(11)15-8-5-3-7(4-6-8)14-16(2,12)13/h3-6H,1-2H3,(H,10,11). The van der Waals surface area contributed by atoms with E-state index in [1.807, 2.05) is 0 Å². The average Bonchev–Trinajstić information content (AvgIpc) is 2.18. The summed E-state index contributed by atoms with van der Waals surface area (Å²) in [5, 5.41) is 2.28.